The molecule has 2 heterocycles. The maximum Gasteiger partial charge on any atom is 0.0991 e. The van der Waals surface area contributed by atoms with Crippen LogP contribution in [0.25, 0.3) is 0 Å². The van der Waals surface area contributed by atoms with E-state index in [0.717, 1.165) is 31.7 Å². The van der Waals surface area contributed by atoms with Crippen LogP contribution in [0.2, 0.25) is 0 Å². The molecule has 4 heteroatoms. The molecule has 0 radical (unpaired) electrons. The normalized spacial score (nSPS) is 16.1. The highest BCUT2D eigenvalue weighted by Gasteiger charge is 2.18. The molecule has 1 aromatic heterocycles. The van der Waals surface area contributed by atoms with E-state index < -0.39 is 0 Å². The van der Waals surface area contributed by atoms with Gasteiger partial charge in [0, 0.05) is 31.5 Å². The average molecular weight is 306 g/mol. The zero-order chi connectivity index (χ0) is 15.9. The SMILES string of the molecule is N#Cc1ccc(CNC2CCN(Cc3ccncc3)CC2)cc1. The number of nitriles is 1. The van der Waals surface area contributed by atoms with Crippen LogP contribution in [0.1, 0.15) is 29.5 Å². The van der Waals surface area contributed by atoms with Crippen molar-refractivity contribution in [2.75, 3.05) is 13.1 Å². The van der Waals surface area contributed by atoms with Crippen LogP contribution in [-0.4, -0.2) is 29.0 Å². The fourth-order valence-electron chi connectivity index (χ4n) is 3.00. The maximum atomic E-state index is 8.82. The lowest BCUT2D eigenvalue weighted by Crippen LogP contribution is -2.41. The monoisotopic (exact) mass is 306 g/mol. The van der Waals surface area contributed by atoms with Crippen molar-refractivity contribution in [3.05, 3.63) is 65.5 Å². The first kappa shape index (κ1) is 15.7. The highest BCUT2D eigenvalue weighted by molar-refractivity contribution is 5.31. The van der Waals surface area contributed by atoms with Gasteiger partial charge in [-0.15, -0.1) is 0 Å². The lowest BCUT2D eigenvalue weighted by molar-refractivity contribution is 0.190. The average Bonchev–Trinajstić information content (AvgIpc) is 2.62. The molecule has 1 fully saturated rings. The number of piperidine rings is 1. The van der Waals surface area contributed by atoms with Gasteiger partial charge >= 0.3 is 0 Å². The van der Waals surface area contributed by atoms with Gasteiger partial charge in [-0.1, -0.05) is 12.1 Å². The second-order valence-corrected chi connectivity index (χ2v) is 6.10. The Morgan fingerprint density at radius 2 is 1.74 bits per heavy atom. The predicted molar refractivity (Wildman–Crippen MR) is 90.5 cm³/mol. The van der Waals surface area contributed by atoms with Gasteiger partial charge in [0.15, 0.2) is 0 Å². The number of pyridine rings is 1. The summed E-state index contributed by atoms with van der Waals surface area (Å²) in [5.74, 6) is 0. The Labute approximate surface area is 137 Å². The number of rotatable bonds is 5. The first-order chi connectivity index (χ1) is 11.3. The zero-order valence-corrected chi connectivity index (χ0v) is 13.3. The molecule has 2 aromatic rings. The van der Waals surface area contributed by atoms with E-state index in [0.29, 0.717) is 6.04 Å². The second-order valence-electron chi connectivity index (χ2n) is 6.10. The summed E-state index contributed by atoms with van der Waals surface area (Å²) in [5, 5.41) is 12.5. The third-order valence-corrected chi connectivity index (χ3v) is 4.42. The summed E-state index contributed by atoms with van der Waals surface area (Å²) in [5.41, 5.74) is 3.30. The van der Waals surface area contributed by atoms with E-state index in [1.54, 1.807) is 0 Å². The summed E-state index contributed by atoms with van der Waals surface area (Å²) in [4.78, 5) is 6.58. The third-order valence-electron chi connectivity index (χ3n) is 4.42. The van der Waals surface area contributed by atoms with Gasteiger partial charge in [-0.2, -0.15) is 5.26 Å². The first-order valence-corrected chi connectivity index (χ1v) is 8.17. The number of aromatic nitrogens is 1. The predicted octanol–water partition coefficient (Wildman–Crippen LogP) is 2.71. The summed E-state index contributed by atoms with van der Waals surface area (Å²) in [6.07, 6.45) is 6.09. The number of benzene rings is 1. The largest absolute Gasteiger partial charge is 0.310 e. The molecule has 0 amide bonds. The Kier molecular flexibility index (Phi) is 5.36. The Morgan fingerprint density at radius 1 is 1.04 bits per heavy atom. The van der Waals surface area contributed by atoms with Crippen molar-refractivity contribution >= 4 is 0 Å². The van der Waals surface area contributed by atoms with E-state index in [2.05, 4.69) is 33.4 Å². The van der Waals surface area contributed by atoms with Crippen LogP contribution in [0, 0.1) is 11.3 Å². The van der Waals surface area contributed by atoms with Crippen LogP contribution in [0.3, 0.4) is 0 Å². The third kappa shape index (κ3) is 4.62. The number of hydrogen-bond acceptors (Lipinski definition) is 4. The van der Waals surface area contributed by atoms with Gasteiger partial charge in [0.05, 0.1) is 11.6 Å². The molecule has 118 valence electrons. The molecule has 4 nitrogen and oxygen atoms in total. The molecule has 0 spiro atoms. The minimum Gasteiger partial charge on any atom is -0.310 e. The number of nitrogens with one attached hydrogen (secondary N) is 1. The van der Waals surface area contributed by atoms with Crippen molar-refractivity contribution in [2.45, 2.75) is 32.0 Å². The highest BCUT2D eigenvalue weighted by atomic mass is 15.1. The lowest BCUT2D eigenvalue weighted by atomic mass is 10.0. The molecule has 1 aromatic carbocycles. The van der Waals surface area contributed by atoms with Crippen molar-refractivity contribution < 1.29 is 0 Å². The lowest BCUT2D eigenvalue weighted by Gasteiger charge is -2.32. The molecule has 0 atom stereocenters. The fraction of sp³-hybridized carbons (Fsp3) is 0.368. The van der Waals surface area contributed by atoms with Crippen LogP contribution >= 0.6 is 0 Å². The molecule has 0 saturated carbocycles. The van der Waals surface area contributed by atoms with Gasteiger partial charge in [-0.05, 0) is 61.3 Å². The fourth-order valence-corrected chi connectivity index (χ4v) is 3.00. The summed E-state index contributed by atoms with van der Waals surface area (Å²) in [6, 6.07) is 14.8. The first-order valence-electron chi connectivity index (χ1n) is 8.17. The van der Waals surface area contributed by atoms with Crippen molar-refractivity contribution in [1.29, 1.82) is 5.26 Å². The molecule has 1 aliphatic rings. The van der Waals surface area contributed by atoms with Gasteiger partial charge in [0.1, 0.15) is 0 Å². The molecule has 23 heavy (non-hydrogen) atoms. The van der Waals surface area contributed by atoms with Crippen molar-refractivity contribution in [1.82, 2.24) is 15.2 Å². The molecule has 0 aliphatic carbocycles. The summed E-state index contributed by atoms with van der Waals surface area (Å²) in [6.45, 7) is 4.16. The molecule has 1 aliphatic heterocycles. The Balaban J connectivity index is 1.41. The number of hydrogen-bond donors (Lipinski definition) is 1. The molecule has 1 N–H and O–H groups in total. The van der Waals surface area contributed by atoms with E-state index in [9.17, 15) is 0 Å². The molecule has 3 rings (SSSR count). The maximum absolute atomic E-state index is 8.82. The smallest absolute Gasteiger partial charge is 0.0991 e. The summed E-state index contributed by atoms with van der Waals surface area (Å²) >= 11 is 0. The van der Waals surface area contributed by atoms with Gasteiger partial charge < -0.3 is 5.32 Å². The topological polar surface area (TPSA) is 52.0 Å². The van der Waals surface area contributed by atoms with Crippen LogP contribution in [-0.2, 0) is 13.1 Å². The van der Waals surface area contributed by atoms with E-state index >= 15 is 0 Å². The number of likely N-dealkylation sites (tertiary alicyclic amines) is 1. The van der Waals surface area contributed by atoms with Crippen LogP contribution in [0.5, 0.6) is 0 Å². The molecule has 0 bridgehead atoms. The van der Waals surface area contributed by atoms with E-state index in [4.69, 9.17) is 5.26 Å². The minimum atomic E-state index is 0.583. The van der Waals surface area contributed by atoms with Crippen LogP contribution in [0.4, 0.5) is 0 Å². The number of nitrogens with zero attached hydrogens (tertiary/aromatic N) is 3. The molecule has 1 saturated heterocycles. The Bertz CT molecular complexity index is 637. The van der Waals surface area contributed by atoms with Gasteiger partial charge in [-0.25, -0.2) is 0 Å². The van der Waals surface area contributed by atoms with E-state index in [-0.39, 0.29) is 0 Å². The van der Waals surface area contributed by atoms with E-state index in [1.807, 2.05) is 36.7 Å². The van der Waals surface area contributed by atoms with E-state index in [1.165, 1.54) is 24.0 Å². The quantitative estimate of drug-likeness (QED) is 0.923. The second kappa shape index (κ2) is 7.87. The molecular formula is C19H22N4. The highest BCUT2D eigenvalue weighted by Crippen LogP contribution is 2.14. The van der Waals surface area contributed by atoms with Gasteiger partial charge in [0.25, 0.3) is 0 Å². The van der Waals surface area contributed by atoms with Gasteiger partial charge in [0.2, 0.25) is 0 Å². The van der Waals surface area contributed by atoms with Crippen molar-refractivity contribution in [2.24, 2.45) is 0 Å². The molecule has 0 unspecified atom stereocenters. The standard InChI is InChI=1S/C19H22N4/c20-13-16-1-3-17(4-2-16)14-22-19-7-11-23(12-8-19)15-18-5-9-21-10-6-18/h1-6,9-10,19,22H,7-8,11-12,14-15H2. The van der Waals surface area contributed by atoms with Crippen molar-refractivity contribution in [3.8, 4) is 6.07 Å². The minimum absolute atomic E-state index is 0.583. The van der Waals surface area contributed by atoms with Crippen molar-refractivity contribution in [3.63, 3.8) is 0 Å². The van der Waals surface area contributed by atoms with Crippen LogP contribution < -0.4 is 5.32 Å². The summed E-state index contributed by atoms with van der Waals surface area (Å²) in [7, 11) is 0. The van der Waals surface area contributed by atoms with Crippen LogP contribution in [0.15, 0.2) is 48.8 Å². The Hall–Kier alpha value is -2.22. The summed E-state index contributed by atoms with van der Waals surface area (Å²) < 4.78 is 0. The van der Waals surface area contributed by atoms with Gasteiger partial charge in [-0.3, -0.25) is 9.88 Å². The Morgan fingerprint density at radius 3 is 2.39 bits per heavy atom. The molecular weight excluding hydrogens is 284 g/mol. The zero-order valence-electron chi connectivity index (χ0n) is 13.3.